The Morgan fingerprint density at radius 1 is 1.00 bits per heavy atom. The highest BCUT2D eigenvalue weighted by Crippen LogP contribution is 2.19. The maximum absolute atomic E-state index is 12.7. The van der Waals surface area contributed by atoms with Crippen molar-refractivity contribution >= 4 is 22.6 Å². The van der Waals surface area contributed by atoms with E-state index in [0.29, 0.717) is 13.1 Å². The van der Waals surface area contributed by atoms with Gasteiger partial charge in [-0.25, -0.2) is 4.68 Å². The highest BCUT2D eigenvalue weighted by atomic mass is 16.4. The smallest absolute Gasteiger partial charge is 0.275 e. The molecule has 0 atom stereocenters. The lowest BCUT2D eigenvalue weighted by atomic mass is 10.00. The number of benzene rings is 2. The minimum absolute atomic E-state index is 0.198. The van der Waals surface area contributed by atoms with Crippen LogP contribution in [-0.2, 0) is 24.3 Å². The van der Waals surface area contributed by atoms with E-state index in [1.807, 2.05) is 24.3 Å². The number of rotatable bonds is 3. The van der Waals surface area contributed by atoms with E-state index in [2.05, 4.69) is 5.10 Å². The van der Waals surface area contributed by atoms with Gasteiger partial charge in [-0.15, -0.1) is 0 Å². The molecule has 7 heteroatoms. The molecule has 0 unspecified atom stereocenters. The molecule has 0 saturated carbocycles. The molecule has 27 heavy (non-hydrogen) atoms. The van der Waals surface area contributed by atoms with Gasteiger partial charge in [-0.3, -0.25) is 9.59 Å². The van der Waals surface area contributed by atoms with Gasteiger partial charge in [-0.05, 0) is 23.6 Å². The fourth-order valence-corrected chi connectivity index (χ4v) is 3.43. The first-order chi connectivity index (χ1) is 13.0. The first kappa shape index (κ1) is 17.0. The number of aromatic nitrogens is 2. The average Bonchev–Trinajstić information content (AvgIpc) is 2.69. The molecule has 1 aliphatic heterocycles. The van der Waals surface area contributed by atoms with Gasteiger partial charge < -0.3 is 14.8 Å². The Labute approximate surface area is 154 Å². The number of hydrogen-bond acceptors (Lipinski definition) is 5. The third-order valence-electron chi connectivity index (χ3n) is 4.83. The number of nitrogens with zero attached hydrogens (tertiary/aromatic N) is 3. The fourth-order valence-electron chi connectivity index (χ4n) is 3.43. The topological polar surface area (TPSA) is 95.3 Å². The monoisotopic (exact) mass is 362 g/mol. The Hall–Kier alpha value is -3.48. The van der Waals surface area contributed by atoms with Gasteiger partial charge in [0, 0.05) is 18.5 Å². The second-order valence-electron chi connectivity index (χ2n) is 6.48. The van der Waals surface area contributed by atoms with Crippen molar-refractivity contribution in [3.05, 3.63) is 75.7 Å². The van der Waals surface area contributed by atoms with Crippen molar-refractivity contribution in [3.8, 4) is 0 Å². The van der Waals surface area contributed by atoms with E-state index in [0.717, 1.165) is 16.7 Å². The van der Waals surface area contributed by atoms with Gasteiger partial charge >= 0.3 is 0 Å². The van der Waals surface area contributed by atoms with Crippen LogP contribution in [-0.4, -0.2) is 33.1 Å². The summed E-state index contributed by atoms with van der Waals surface area (Å²) in [5, 5.41) is 15.7. The molecule has 7 nitrogen and oxygen atoms in total. The van der Waals surface area contributed by atoms with Crippen LogP contribution in [0.5, 0.6) is 0 Å². The number of fused-ring (bicyclic) bond motifs is 2. The second-order valence-corrected chi connectivity index (χ2v) is 6.48. The van der Waals surface area contributed by atoms with Crippen molar-refractivity contribution in [1.82, 2.24) is 14.7 Å². The normalized spacial score (nSPS) is 13.4. The zero-order chi connectivity index (χ0) is 19.0. The summed E-state index contributed by atoms with van der Waals surface area (Å²) in [5.74, 6) is -1.77. The molecule has 4 rings (SSSR count). The molecule has 1 amide bonds. The molecule has 0 fully saturated rings. The summed E-state index contributed by atoms with van der Waals surface area (Å²) in [5.41, 5.74) is 1.44. The molecule has 3 aromatic rings. The summed E-state index contributed by atoms with van der Waals surface area (Å²) in [6.07, 6.45) is 0.742. The Kier molecular flexibility index (Phi) is 4.19. The van der Waals surface area contributed by atoms with Crippen LogP contribution in [0.4, 0.5) is 0 Å². The summed E-state index contributed by atoms with van der Waals surface area (Å²) in [7, 11) is 0. The molecule has 0 N–H and O–H groups in total. The van der Waals surface area contributed by atoms with Crippen molar-refractivity contribution in [3.63, 3.8) is 0 Å². The number of carbonyl (C=O) groups excluding carboxylic acids is 2. The largest absolute Gasteiger partial charge is 0.543 e. The number of carbonyl (C=O) groups is 2. The maximum Gasteiger partial charge on any atom is 0.275 e. The summed E-state index contributed by atoms with van der Waals surface area (Å²) < 4.78 is 0.913. The maximum atomic E-state index is 12.7. The molecule has 1 aliphatic rings. The zero-order valence-corrected chi connectivity index (χ0v) is 14.4. The summed E-state index contributed by atoms with van der Waals surface area (Å²) in [6, 6.07) is 14.2. The van der Waals surface area contributed by atoms with Gasteiger partial charge in [-0.2, -0.15) is 5.10 Å². The minimum atomic E-state index is -1.49. The van der Waals surface area contributed by atoms with E-state index in [4.69, 9.17) is 0 Å². The van der Waals surface area contributed by atoms with E-state index in [-0.39, 0.29) is 28.9 Å². The van der Waals surface area contributed by atoms with Gasteiger partial charge in [0.15, 0.2) is 0 Å². The fraction of sp³-hybridized carbons (Fsp3) is 0.200. The molecule has 2 aromatic carbocycles. The molecule has 136 valence electrons. The Bertz CT molecular complexity index is 1120. The third kappa shape index (κ3) is 3.08. The number of carboxylic acid groups (broad SMARTS) is 1. The van der Waals surface area contributed by atoms with Crippen LogP contribution in [0.1, 0.15) is 21.6 Å². The molecule has 0 saturated heterocycles. The van der Waals surface area contributed by atoms with Crippen molar-refractivity contribution in [1.29, 1.82) is 0 Å². The Morgan fingerprint density at radius 2 is 1.67 bits per heavy atom. The highest BCUT2D eigenvalue weighted by molar-refractivity contribution is 6.00. The molecule has 0 spiro atoms. The van der Waals surface area contributed by atoms with Crippen molar-refractivity contribution in [2.75, 3.05) is 6.54 Å². The lowest BCUT2D eigenvalue weighted by molar-refractivity contribution is -0.255. The van der Waals surface area contributed by atoms with Gasteiger partial charge in [0.1, 0.15) is 12.2 Å². The van der Waals surface area contributed by atoms with Gasteiger partial charge in [0.2, 0.25) is 5.91 Å². The lowest BCUT2D eigenvalue weighted by Crippen LogP contribution is -2.41. The van der Waals surface area contributed by atoms with Crippen LogP contribution < -0.4 is 10.7 Å². The summed E-state index contributed by atoms with van der Waals surface area (Å²) in [4.78, 5) is 38.4. The van der Waals surface area contributed by atoms with E-state index >= 15 is 0 Å². The van der Waals surface area contributed by atoms with Crippen LogP contribution in [0.2, 0.25) is 0 Å². The number of hydrogen-bond donors (Lipinski definition) is 0. The van der Waals surface area contributed by atoms with Gasteiger partial charge in [0.05, 0.1) is 11.4 Å². The van der Waals surface area contributed by atoms with Crippen LogP contribution in [0.3, 0.4) is 0 Å². The van der Waals surface area contributed by atoms with E-state index in [9.17, 15) is 19.5 Å². The standard InChI is InChI=1S/C20H17N3O4/c24-17(22-10-9-13-5-1-2-6-14(13)11-22)12-23-19(25)16-8-4-3-7-15(16)18(21-23)20(26)27/h1-8H,9-12H2,(H,26,27)/p-1. The quantitative estimate of drug-likeness (QED) is 0.670. The third-order valence-corrected chi connectivity index (χ3v) is 4.83. The highest BCUT2D eigenvalue weighted by Gasteiger charge is 2.22. The second kappa shape index (κ2) is 6.68. The van der Waals surface area contributed by atoms with E-state index in [1.54, 1.807) is 17.0 Å². The number of aromatic carboxylic acids is 1. The molecular formula is C20H16N3O4-. The molecule has 1 aromatic heterocycles. The Balaban J connectivity index is 1.66. The molecule has 2 heterocycles. The zero-order valence-electron chi connectivity index (χ0n) is 14.4. The van der Waals surface area contributed by atoms with Crippen molar-refractivity contribution in [2.45, 2.75) is 19.5 Å². The first-order valence-electron chi connectivity index (χ1n) is 8.60. The van der Waals surface area contributed by atoms with Gasteiger partial charge in [0.25, 0.3) is 5.56 Å². The van der Waals surface area contributed by atoms with Crippen LogP contribution in [0, 0.1) is 0 Å². The Morgan fingerprint density at radius 3 is 2.41 bits per heavy atom. The molecular weight excluding hydrogens is 346 g/mol. The van der Waals surface area contributed by atoms with Crippen LogP contribution in [0.15, 0.2) is 53.3 Å². The first-order valence-corrected chi connectivity index (χ1v) is 8.60. The summed E-state index contributed by atoms with van der Waals surface area (Å²) >= 11 is 0. The molecule has 0 bridgehead atoms. The van der Waals surface area contributed by atoms with Crippen molar-refractivity contribution < 1.29 is 14.7 Å². The molecule has 0 aliphatic carbocycles. The SMILES string of the molecule is O=C([O-])c1nn(CC(=O)N2CCc3ccccc3C2)c(=O)c2ccccc12. The van der Waals surface area contributed by atoms with Crippen LogP contribution >= 0.6 is 0 Å². The summed E-state index contributed by atoms with van der Waals surface area (Å²) in [6.45, 7) is 0.697. The number of carboxylic acids is 1. The predicted molar refractivity (Wildman–Crippen MR) is 95.9 cm³/mol. The van der Waals surface area contributed by atoms with E-state index < -0.39 is 11.5 Å². The number of amides is 1. The minimum Gasteiger partial charge on any atom is -0.543 e. The van der Waals surface area contributed by atoms with E-state index in [1.165, 1.54) is 17.7 Å². The van der Waals surface area contributed by atoms with Crippen LogP contribution in [0.25, 0.3) is 10.8 Å². The predicted octanol–water partition coefficient (Wildman–Crippen LogP) is 0.345. The molecule has 0 radical (unpaired) electrons. The van der Waals surface area contributed by atoms with Gasteiger partial charge in [-0.1, -0.05) is 42.5 Å². The average molecular weight is 362 g/mol. The van der Waals surface area contributed by atoms with Crippen molar-refractivity contribution in [2.24, 2.45) is 0 Å². The lowest BCUT2D eigenvalue weighted by Gasteiger charge is -2.29.